The fraction of sp³-hybridized carbons (Fsp3) is 0.136. The largest absolute Gasteiger partial charge is 0.376 e. The van der Waals surface area contributed by atoms with Gasteiger partial charge < -0.3 is 10.2 Å². The number of pyridine rings is 1. The zero-order valence-electron chi connectivity index (χ0n) is 18.5. The summed E-state index contributed by atoms with van der Waals surface area (Å²) in [5, 5.41) is 16.3. The van der Waals surface area contributed by atoms with Crippen molar-refractivity contribution >= 4 is 85.1 Å². The number of anilines is 4. The van der Waals surface area contributed by atoms with Gasteiger partial charge in [-0.05, 0) is 30.3 Å². The van der Waals surface area contributed by atoms with E-state index in [9.17, 15) is 18.5 Å². The third-order valence-corrected chi connectivity index (χ3v) is 5.52. The van der Waals surface area contributed by atoms with Crippen LogP contribution in [0.4, 0.5) is 28.4 Å². The average molecular weight is 524 g/mol. The highest BCUT2D eigenvalue weighted by Gasteiger charge is 2.16. The number of sulfonamides is 1. The number of nitro groups is 1. The molecule has 0 aliphatic rings. The minimum absolute atomic E-state index is 0. The summed E-state index contributed by atoms with van der Waals surface area (Å²) in [6, 6.07) is 17.3. The molecule has 1 aromatic heterocycles. The molecule has 2 N–H and O–H groups in total. The number of nitrogens with zero attached hydrogens (tertiary/aromatic N) is 3. The Morgan fingerprint density at radius 2 is 1.62 bits per heavy atom. The maximum absolute atomic E-state index is 11.6. The van der Waals surface area contributed by atoms with Crippen molar-refractivity contribution in [3.8, 4) is 0 Å². The molecule has 34 heavy (non-hydrogen) atoms. The first-order chi connectivity index (χ1) is 15.1. The van der Waals surface area contributed by atoms with E-state index < -0.39 is 14.9 Å². The van der Waals surface area contributed by atoms with Gasteiger partial charge in [-0.15, -0.1) is 24.8 Å². The van der Waals surface area contributed by atoms with Crippen LogP contribution in [0.2, 0.25) is 0 Å². The molecule has 0 radical (unpaired) electrons. The number of para-hydroxylation sites is 1. The van der Waals surface area contributed by atoms with Crippen molar-refractivity contribution in [1.29, 1.82) is 0 Å². The zero-order chi connectivity index (χ0) is 23.0. The van der Waals surface area contributed by atoms with E-state index in [-0.39, 0.29) is 30.5 Å². The number of halogens is 2. The van der Waals surface area contributed by atoms with Gasteiger partial charge >= 0.3 is 0 Å². The second kappa shape index (κ2) is 10.3. The van der Waals surface area contributed by atoms with E-state index in [1.54, 1.807) is 24.3 Å². The lowest BCUT2D eigenvalue weighted by atomic mass is 10.1. The standard InChI is InChI=1S/C22H21N5O4S.2ClH/c1-26(2)21-12-14(25-32(3,30)31)8-11-19(21)24-22-16-6-4-5-7-18(16)23-20-13-15(27(28)29)9-10-17(20)22;;/h4-13,25H,1-3H3,(H,23,24);2*1H. The van der Waals surface area contributed by atoms with E-state index in [4.69, 9.17) is 0 Å². The lowest BCUT2D eigenvalue weighted by molar-refractivity contribution is -0.384. The van der Waals surface area contributed by atoms with Crippen molar-refractivity contribution in [1.82, 2.24) is 4.98 Å². The summed E-state index contributed by atoms with van der Waals surface area (Å²) < 4.78 is 25.7. The first-order valence-corrected chi connectivity index (χ1v) is 11.5. The summed E-state index contributed by atoms with van der Waals surface area (Å²) >= 11 is 0. The number of benzene rings is 3. The number of fused-ring (bicyclic) bond motifs is 2. The zero-order valence-corrected chi connectivity index (χ0v) is 20.9. The van der Waals surface area contributed by atoms with E-state index in [0.29, 0.717) is 16.7 Å². The van der Waals surface area contributed by atoms with Crippen molar-refractivity contribution in [3.05, 3.63) is 70.8 Å². The van der Waals surface area contributed by atoms with Crippen LogP contribution in [-0.4, -0.2) is 38.7 Å². The number of rotatable bonds is 6. The average Bonchev–Trinajstić information content (AvgIpc) is 2.72. The summed E-state index contributed by atoms with van der Waals surface area (Å²) in [7, 11) is 0.304. The molecule has 0 atom stereocenters. The quantitative estimate of drug-likeness (QED) is 0.199. The monoisotopic (exact) mass is 523 g/mol. The Bertz CT molecular complexity index is 1480. The van der Waals surface area contributed by atoms with Gasteiger partial charge in [-0.1, -0.05) is 18.2 Å². The van der Waals surface area contributed by atoms with Crippen molar-refractivity contribution < 1.29 is 13.3 Å². The van der Waals surface area contributed by atoms with E-state index in [0.717, 1.165) is 34.1 Å². The third-order valence-electron chi connectivity index (χ3n) is 4.92. The topological polar surface area (TPSA) is 117 Å². The van der Waals surface area contributed by atoms with Crippen LogP contribution in [0, 0.1) is 10.1 Å². The molecule has 0 spiro atoms. The van der Waals surface area contributed by atoms with Crippen molar-refractivity contribution in [2.75, 3.05) is 35.3 Å². The normalized spacial score (nSPS) is 10.8. The van der Waals surface area contributed by atoms with Gasteiger partial charge in [0.1, 0.15) is 0 Å². The Labute approximate surface area is 209 Å². The van der Waals surface area contributed by atoms with Crippen LogP contribution in [0.15, 0.2) is 60.7 Å². The highest BCUT2D eigenvalue weighted by atomic mass is 35.5. The Hall–Kier alpha value is -3.34. The minimum atomic E-state index is -3.41. The Kier molecular flexibility index (Phi) is 8.14. The molecule has 180 valence electrons. The van der Waals surface area contributed by atoms with Gasteiger partial charge in [-0.25, -0.2) is 13.4 Å². The predicted molar refractivity (Wildman–Crippen MR) is 143 cm³/mol. The molecule has 0 unspecified atom stereocenters. The second-order valence-electron chi connectivity index (χ2n) is 7.59. The summed E-state index contributed by atoms with van der Waals surface area (Å²) in [5.41, 5.74) is 3.87. The van der Waals surface area contributed by atoms with Gasteiger partial charge in [0.25, 0.3) is 5.69 Å². The van der Waals surface area contributed by atoms with E-state index in [1.807, 2.05) is 43.3 Å². The van der Waals surface area contributed by atoms with Gasteiger partial charge in [0.2, 0.25) is 10.0 Å². The number of hydrogen-bond acceptors (Lipinski definition) is 7. The molecule has 0 bridgehead atoms. The highest BCUT2D eigenvalue weighted by Crippen LogP contribution is 2.38. The van der Waals surface area contributed by atoms with Crippen LogP contribution in [-0.2, 0) is 10.0 Å². The fourth-order valence-corrected chi connectivity index (χ4v) is 4.10. The van der Waals surface area contributed by atoms with Gasteiger partial charge in [0.05, 0.1) is 45.0 Å². The highest BCUT2D eigenvalue weighted by molar-refractivity contribution is 7.92. The SMILES string of the molecule is CN(C)c1cc(NS(C)(=O)=O)ccc1Nc1c2ccccc2nc2cc([N+](=O)[O-])ccc12.Cl.Cl. The first-order valence-electron chi connectivity index (χ1n) is 9.65. The minimum Gasteiger partial charge on any atom is -0.376 e. The smallest absolute Gasteiger partial charge is 0.271 e. The molecule has 0 amide bonds. The molecule has 3 aromatic carbocycles. The van der Waals surface area contributed by atoms with Gasteiger partial charge in [-0.3, -0.25) is 14.8 Å². The van der Waals surface area contributed by atoms with Gasteiger partial charge in [0, 0.05) is 37.0 Å². The lowest BCUT2D eigenvalue weighted by Crippen LogP contribution is -2.14. The Morgan fingerprint density at radius 1 is 0.941 bits per heavy atom. The summed E-state index contributed by atoms with van der Waals surface area (Å²) in [5.74, 6) is 0. The molecule has 4 aromatic rings. The molecular formula is C22H23Cl2N5O4S. The van der Waals surface area contributed by atoms with Crippen molar-refractivity contribution in [3.63, 3.8) is 0 Å². The molecule has 0 aliphatic heterocycles. The third kappa shape index (κ3) is 5.58. The second-order valence-corrected chi connectivity index (χ2v) is 9.34. The van der Waals surface area contributed by atoms with Crippen molar-refractivity contribution in [2.45, 2.75) is 0 Å². The summed E-state index contributed by atoms with van der Waals surface area (Å²) in [6.07, 6.45) is 1.10. The van der Waals surface area contributed by atoms with Crippen LogP contribution in [0.1, 0.15) is 0 Å². The van der Waals surface area contributed by atoms with Gasteiger partial charge in [0.15, 0.2) is 0 Å². The summed E-state index contributed by atoms with van der Waals surface area (Å²) in [6.45, 7) is 0. The molecular weight excluding hydrogens is 501 g/mol. The van der Waals surface area contributed by atoms with Crippen LogP contribution in [0.5, 0.6) is 0 Å². The predicted octanol–water partition coefficient (Wildman–Crippen LogP) is 5.32. The van der Waals surface area contributed by atoms with Crippen LogP contribution in [0.25, 0.3) is 21.8 Å². The van der Waals surface area contributed by atoms with Crippen LogP contribution < -0.4 is 14.9 Å². The molecule has 12 heteroatoms. The van der Waals surface area contributed by atoms with Gasteiger partial charge in [-0.2, -0.15) is 0 Å². The molecule has 0 fully saturated rings. The maximum Gasteiger partial charge on any atom is 0.271 e. The van der Waals surface area contributed by atoms with E-state index in [1.165, 1.54) is 12.1 Å². The van der Waals surface area contributed by atoms with Crippen LogP contribution in [0.3, 0.4) is 0 Å². The maximum atomic E-state index is 11.6. The first kappa shape index (κ1) is 26.9. The molecule has 1 heterocycles. The molecule has 0 saturated heterocycles. The Balaban J connectivity index is 0.00000204. The number of hydrogen-bond donors (Lipinski definition) is 2. The number of nitro benzene ring substituents is 1. The summed E-state index contributed by atoms with van der Waals surface area (Å²) in [4.78, 5) is 17.3. The molecule has 9 nitrogen and oxygen atoms in total. The Morgan fingerprint density at radius 3 is 2.26 bits per heavy atom. The van der Waals surface area contributed by atoms with E-state index >= 15 is 0 Å². The molecule has 4 rings (SSSR count). The lowest BCUT2D eigenvalue weighted by Gasteiger charge is -2.21. The number of nitrogens with one attached hydrogen (secondary N) is 2. The van der Waals surface area contributed by atoms with Crippen LogP contribution >= 0.6 is 24.8 Å². The van der Waals surface area contributed by atoms with E-state index in [2.05, 4.69) is 15.0 Å². The molecule has 0 saturated carbocycles. The van der Waals surface area contributed by atoms with Crippen molar-refractivity contribution in [2.24, 2.45) is 0 Å². The fourth-order valence-electron chi connectivity index (χ4n) is 3.55. The number of non-ortho nitro benzene ring substituents is 1. The molecule has 0 aliphatic carbocycles. The number of aromatic nitrogens is 1.